The molecule has 2 aromatic carbocycles. The van der Waals surface area contributed by atoms with Crippen LogP contribution in [0.4, 0.5) is 0 Å². The number of methoxy groups -OCH3 is 3. The third-order valence-corrected chi connectivity index (χ3v) is 4.48. The Morgan fingerprint density at radius 2 is 1.69 bits per heavy atom. The Morgan fingerprint density at radius 3 is 2.42 bits per heavy atom. The number of ketones is 1. The van der Waals surface area contributed by atoms with Crippen molar-refractivity contribution in [2.24, 2.45) is 0 Å². The van der Waals surface area contributed by atoms with Gasteiger partial charge in [0.1, 0.15) is 17.4 Å². The summed E-state index contributed by atoms with van der Waals surface area (Å²) < 4.78 is 32.9. The minimum atomic E-state index is -0.438. The Labute approximate surface area is 150 Å². The molecule has 7 heteroatoms. The van der Waals surface area contributed by atoms with E-state index in [1.807, 2.05) is 18.2 Å². The molecular formula is C19H18O7. The van der Waals surface area contributed by atoms with Crippen LogP contribution in [-0.2, 0) is 0 Å². The molecule has 1 atom stereocenters. The van der Waals surface area contributed by atoms with Crippen LogP contribution < -0.4 is 28.4 Å². The summed E-state index contributed by atoms with van der Waals surface area (Å²) in [5.74, 6) is 2.76. The predicted octanol–water partition coefficient (Wildman–Crippen LogP) is 3.15. The Morgan fingerprint density at radius 1 is 0.923 bits per heavy atom. The van der Waals surface area contributed by atoms with E-state index < -0.39 is 6.10 Å². The SMILES string of the molecule is COc1cc2c(c(OC)c1OC)C(=O)C[C@@H](c1ccc3c(c1)OCO3)O2. The van der Waals surface area contributed by atoms with Crippen LogP contribution in [0.2, 0.25) is 0 Å². The van der Waals surface area contributed by atoms with Crippen LogP contribution in [0.25, 0.3) is 0 Å². The second-order valence-electron chi connectivity index (χ2n) is 5.86. The topological polar surface area (TPSA) is 72.5 Å². The maximum Gasteiger partial charge on any atom is 0.231 e. The zero-order valence-corrected chi connectivity index (χ0v) is 14.7. The molecule has 136 valence electrons. The van der Waals surface area contributed by atoms with Gasteiger partial charge in [-0.15, -0.1) is 0 Å². The van der Waals surface area contributed by atoms with Gasteiger partial charge in [0.15, 0.2) is 28.8 Å². The Kier molecular flexibility index (Phi) is 3.99. The highest BCUT2D eigenvalue weighted by Crippen LogP contribution is 2.49. The predicted molar refractivity (Wildman–Crippen MR) is 91.0 cm³/mol. The van der Waals surface area contributed by atoms with Gasteiger partial charge < -0.3 is 28.4 Å². The van der Waals surface area contributed by atoms with Crippen molar-refractivity contribution >= 4 is 5.78 Å². The third kappa shape index (κ3) is 2.47. The van der Waals surface area contributed by atoms with Gasteiger partial charge in [0, 0.05) is 6.07 Å². The number of ether oxygens (including phenoxy) is 6. The first kappa shape index (κ1) is 16.4. The van der Waals surface area contributed by atoms with Gasteiger partial charge in [-0.2, -0.15) is 0 Å². The highest BCUT2D eigenvalue weighted by Gasteiger charge is 2.34. The third-order valence-electron chi connectivity index (χ3n) is 4.48. The molecule has 0 radical (unpaired) electrons. The van der Waals surface area contributed by atoms with E-state index >= 15 is 0 Å². The molecule has 7 nitrogen and oxygen atoms in total. The largest absolute Gasteiger partial charge is 0.493 e. The van der Waals surface area contributed by atoms with Crippen LogP contribution in [-0.4, -0.2) is 33.9 Å². The van der Waals surface area contributed by atoms with Gasteiger partial charge in [-0.05, 0) is 17.7 Å². The zero-order valence-electron chi connectivity index (χ0n) is 14.7. The molecule has 2 aliphatic rings. The lowest BCUT2D eigenvalue weighted by atomic mass is 9.95. The van der Waals surface area contributed by atoms with E-state index in [1.54, 1.807) is 6.07 Å². The molecule has 0 aromatic heterocycles. The number of benzene rings is 2. The summed E-state index contributed by atoms with van der Waals surface area (Å²) in [6.07, 6.45) is -0.259. The van der Waals surface area contributed by atoms with Crippen molar-refractivity contribution in [3.63, 3.8) is 0 Å². The van der Waals surface area contributed by atoms with Gasteiger partial charge in [-0.1, -0.05) is 6.07 Å². The van der Waals surface area contributed by atoms with E-state index in [9.17, 15) is 4.79 Å². The van der Waals surface area contributed by atoms with Crippen molar-refractivity contribution in [3.8, 4) is 34.5 Å². The Balaban J connectivity index is 1.76. The van der Waals surface area contributed by atoms with Gasteiger partial charge in [0.05, 0.1) is 27.8 Å². The van der Waals surface area contributed by atoms with Crippen molar-refractivity contribution in [1.82, 2.24) is 0 Å². The van der Waals surface area contributed by atoms with E-state index in [2.05, 4.69) is 0 Å². The molecule has 0 aliphatic carbocycles. The normalized spacial score (nSPS) is 17.3. The summed E-state index contributed by atoms with van der Waals surface area (Å²) in [4.78, 5) is 12.8. The molecule has 0 saturated heterocycles. The summed E-state index contributed by atoms with van der Waals surface area (Å²) >= 11 is 0. The quantitative estimate of drug-likeness (QED) is 0.831. The van der Waals surface area contributed by atoms with Crippen molar-refractivity contribution in [1.29, 1.82) is 0 Å². The fourth-order valence-corrected chi connectivity index (χ4v) is 3.26. The summed E-state index contributed by atoms with van der Waals surface area (Å²) in [5, 5.41) is 0. The van der Waals surface area contributed by atoms with Crippen LogP contribution in [0, 0.1) is 0 Å². The highest BCUT2D eigenvalue weighted by molar-refractivity contribution is 6.04. The lowest BCUT2D eigenvalue weighted by Crippen LogP contribution is -2.21. The number of hydrogen-bond acceptors (Lipinski definition) is 7. The van der Waals surface area contributed by atoms with E-state index in [4.69, 9.17) is 28.4 Å². The monoisotopic (exact) mass is 358 g/mol. The molecule has 0 N–H and O–H groups in total. The van der Waals surface area contributed by atoms with Gasteiger partial charge in [-0.3, -0.25) is 4.79 Å². The molecular weight excluding hydrogens is 340 g/mol. The van der Waals surface area contributed by atoms with Crippen LogP contribution >= 0.6 is 0 Å². The molecule has 2 aliphatic heterocycles. The number of fused-ring (bicyclic) bond motifs is 2. The maximum atomic E-state index is 12.8. The number of hydrogen-bond donors (Lipinski definition) is 0. The molecule has 4 rings (SSSR count). The first-order chi connectivity index (χ1) is 12.7. The van der Waals surface area contributed by atoms with Gasteiger partial charge in [0.2, 0.25) is 12.5 Å². The average molecular weight is 358 g/mol. The van der Waals surface area contributed by atoms with Crippen molar-refractivity contribution < 1.29 is 33.2 Å². The smallest absolute Gasteiger partial charge is 0.231 e. The van der Waals surface area contributed by atoms with Gasteiger partial charge in [0.25, 0.3) is 0 Å². The second kappa shape index (κ2) is 6.33. The van der Waals surface area contributed by atoms with Gasteiger partial charge in [-0.25, -0.2) is 0 Å². The fraction of sp³-hybridized carbons (Fsp3) is 0.316. The number of carbonyl (C=O) groups excluding carboxylic acids is 1. The van der Waals surface area contributed by atoms with E-state index in [0.29, 0.717) is 40.1 Å². The average Bonchev–Trinajstić information content (AvgIpc) is 3.13. The fourth-order valence-electron chi connectivity index (χ4n) is 3.26. The van der Waals surface area contributed by atoms with Gasteiger partial charge >= 0.3 is 0 Å². The zero-order chi connectivity index (χ0) is 18.3. The molecule has 0 saturated carbocycles. The summed E-state index contributed by atoms with van der Waals surface area (Å²) in [6.45, 7) is 0.195. The standard InChI is InChI=1S/C19H18O7/c1-21-16-8-15-17(19(23-3)18(16)22-2)11(20)7-13(26-15)10-4-5-12-14(6-10)25-9-24-12/h4-6,8,13H,7,9H2,1-3H3/t13-/m0/s1. The van der Waals surface area contributed by atoms with Crippen molar-refractivity contribution in [2.45, 2.75) is 12.5 Å². The molecule has 2 aromatic rings. The van der Waals surface area contributed by atoms with Crippen molar-refractivity contribution in [3.05, 3.63) is 35.4 Å². The number of Topliss-reactive ketones (excluding diaryl/α,β-unsaturated/α-hetero) is 1. The molecule has 0 fully saturated rings. The highest BCUT2D eigenvalue weighted by atomic mass is 16.7. The van der Waals surface area contributed by atoms with Crippen LogP contribution in [0.5, 0.6) is 34.5 Å². The summed E-state index contributed by atoms with van der Waals surface area (Å²) in [5.41, 5.74) is 1.20. The minimum absolute atomic E-state index is 0.0910. The first-order valence-corrected chi connectivity index (χ1v) is 8.08. The van der Waals surface area contributed by atoms with E-state index in [-0.39, 0.29) is 19.0 Å². The lowest BCUT2D eigenvalue weighted by molar-refractivity contribution is 0.0842. The van der Waals surface area contributed by atoms with Crippen LogP contribution in [0.15, 0.2) is 24.3 Å². The van der Waals surface area contributed by atoms with Crippen LogP contribution in [0.3, 0.4) is 0 Å². The molecule has 0 spiro atoms. The Bertz CT molecular complexity index is 875. The summed E-state index contributed by atoms with van der Waals surface area (Å²) in [6, 6.07) is 7.17. The number of carbonyl (C=O) groups is 1. The maximum absolute atomic E-state index is 12.8. The molecule has 26 heavy (non-hydrogen) atoms. The Hall–Kier alpha value is -3.09. The molecule has 0 unspecified atom stereocenters. The second-order valence-corrected chi connectivity index (χ2v) is 5.86. The first-order valence-electron chi connectivity index (χ1n) is 8.08. The summed E-state index contributed by atoms with van der Waals surface area (Å²) in [7, 11) is 4.49. The molecule has 0 bridgehead atoms. The van der Waals surface area contributed by atoms with E-state index in [0.717, 1.165) is 5.56 Å². The van der Waals surface area contributed by atoms with E-state index in [1.165, 1.54) is 21.3 Å². The molecule has 0 amide bonds. The number of rotatable bonds is 4. The lowest BCUT2D eigenvalue weighted by Gasteiger charge is -2.28. The minimum Gasteiger partial charge on any atom is -0.493 e. The van der Waals surface area contributed by atoms with Crippen molar-refractivity contribution in [2.75, 3.05) is 28.1 Å². The molecule has 2 heterocycles. The van der Waals surface area contributed by atoms with Crippen LogP contribution in [0.1, 0.15) is 28.4 Å².